The summed E-state index contributed by atoms with van der Waals surface area (Å²) in [6.07, 6.45) is 7.11. The molecule has 7 heteroatoms. The molecular formula is C24H25N3O3S. The van der Waals surface area contributed by atoms with Gasteiger partial charge in [-0.25, -0.2) is 0 Å². The van der Waals surface area contributed by atoms with Crippen molar-refractivity contribution in [2.45, 2.75) is 38.8 Å². The average Bonchev–Trinajstić information content (AvgIpc) is 3.17. The fourth-order valence-electron chi connectivity index (χ4n) is 3.86. The van der Waals surface area contributed by atoms with E-state index >= 15 is 0 Å². The predicted octanol–water partition coefficient (Wildman–Crippen LogP) is 4.35. The van der Waals surface area contributed by atoms with Gasteiger partial charge in [0, 0.05) is 30.9 Å². The smallest absolute Gasteiger partial charge is 0.257 e. The second-order valence-corrected chi connectivity index (χ2v) is 8.60. The van der Waals surface area contributed by atoms with Crippen molar-refractivity contribution in [3.8, 4) is 0 Å². The van der Waals surface area contributed by atoms with Gasteiger partial charge in [0.25, 0.3) is 11.8 Å². The standard InChI is InChI=1S/C24H25N3O3S/c1-30-15-18-8-3-2-7-16(18)14-26-23(29)21-19-10-4-5-11-20(19)31-24(21)27-22(28)17-9-6-12-25-13-17/h2-3,6-9,12-13H,4-5,10-11,14-15H2,1H3,(H,26,29)(H,27,28). The van der Waals surface area contributed by atoms with Gasteiger partial charge >= 0.3 is 0 Å². The molecule has 1 aromatic carbocycles. The van der Waals surface area contributed by atoms with Gasteiger partial charge in [-0.05, 0) is 54.5 Å². The molecular weight excluding hydrogens is 410 g/mol. The second-order valence-electron chi connectivity index (χ2n) is 7.50. The van der Waals surface area contributed by atoms with E-state index in [9.17, 15) is 9.59 Å². The van der Waals surface area contributed by atoms with Crippen molar-refractivity contribution in [1.29, 1.82) is 0 Å². The van der Waals surface area contributed by atoms with E-state index in [1.807, 2.05) is 24.3 Å². The van der Waals surface area contributed by atoms with E-state index in [4.69, 9.17) is 4.74 Å². The van der Waals surface area contributed by atoms with Crippen LogP contribution in [0.15, 0.2) is 48.8 Å². The van der Waals surface area contributed by atoms with Crippen LogP contribution in [0.25, 0.3) is 0 Å². The van der Waals surface area contributed by atoms with Crippen molar-refractivity contribution in [3.63, 3.8) is 0 Å². The molecule has 2 heterocycles. The summed E-state index contributed by atoms with van der Waals surface area (Å²) in [7, 11) is 1.66. The summed E-state index contributed by atoms with van der Waals surface area (Å²) in [4.78, 5) is 31.2. The Labute approximate surface area is 185 Å². The number of aryl methyl sites for hydroxylation is 1. The van der Waals surface area contributed by atoms with E-state index in [1.54, 1.807) is 25.4 Å². The number of carbonyl (C=O) groups is 2. The molecule has 0 fully saturated rings. The van der Waals surface area contributed by atoms with Crippen LogP contribution in [-0.4, -0.2) is 23.9 Å². The van der Waals surface area contributed by atoms with Crippen LogP contribution in [0.5, 0.6) is 0 Å². The summed E-state index contributed by atoms with van der Waals surface area (Å²) >= 11 is 1.51. The number of pyridine rings is 1. The van der Waals surface area contributed by atoms with E-state index in [2.05, 4.69) is 15.6 Å². The topological polar surface area (TPSA) is 80.3 Å². The van der Waals surface area contributed by atoms with E-state index in [-0.39, 0.29) is 11.8 Å². The van der Waals surface area contributed by atoms with Crippen LogP contribution in [0.1, 0.15) is 55.1 Å². The number of rotatable bonds is 7. The fraction of sp³-hybridized carbons (Fsp3) is 0.292. The van der Waals surface area contributed by atoms with Gasteiger partial charge in [-0.3, -0.25) is 14.6 Å². The van der Waals surface area contributed by atoms with Gasteiger partial charge in [0.2, 0.25) is 0 Å². The van der Waals surface area contributed by atoms with Crippen molar-refractivity contribution >= 4 is 28.2 Å². The Morgan fingerprint density at radius 3 is 2.65 bits per heavy atom. The Morgan fingerprint density at radius 1 is 1.06 bits per heavy atom. The number of thiophene rings is 1. The van der Waals surface area contributed by atoms with Gasteiger partial charge in [-0.15, -0.1) is 11.3 Å². The Kier molecular flexibility index (Phi) is 6.74. The molecule has 0 radical (unpaired) electrons. The number of nitrogens with one attached hydrogen (secondary N) is 2. The van der Waals surface area contributed by atoms with E-state index in [0.717, 1.165) is 42.4 Å². The molecule has 0 saturated heterocycles. The van der Waals surface area contributed by atoms with Crippen molar-refractivity contribution in [3.05, 3.63) is 81.5 Å². The monoisotopic (exact) mass is 435 g/mol. The lowest BCUT2D eigenvalue weighted by Crippen LogP contribution is -2.26. The first kappa shape index (κ1) is 21.2. The number of carbonyl (C=O) groups excluding carboxylic acids is 2. The maximum atomic E-state index is 13.3. The normalized spacial score (nSPS) is 12.8. The van der Waals surface area contributed by atoms with Crippen LogP contribution in [0.2, 0.25) is 0 Å². The van der Waals surface area contributed by atoms with Crippen molar-refractivity contribution in [1.82, 2.24) is 10.3 Å². The summed E-state index contributed by atoms with van der Waals surface area (Å²) in [6, 6.07) is 11.3. The molecule has 1 aliphatic rings. The number of benzene rings is 1. The first-order chi connectivity index (χ1) is 15.2. The summed E-state index contributed by atoms with van der Waals surface area (Å²) < 4.78 is 5.26. The zero-order valence-electron chi connectivity index (χ0n) is 17.4. The average molecular weight is 436 g/mol. The number of amides is 2. The molecule has 2 aromatic heterocycles. The van der Waals surface area contributed by atoms with Crippen LogP contribution in [0.3, 0.4) is 0 Å². The number of aromatic nitrogens is 1. The minimum Gasteiger partial charge on any atom is -0.380 e. The molecule has 3 aromatic rings. The number of hydrogen-bond donors (Lipinski definition) is 2. The fourth-order valence-corrected chi connectivity index (χ4v) is 5.14. The summed E-state index contributed by atoms with van der Waals surface area (Å²) in [5.41, 5.74) is 4.20. The van der Waals surface area contributed by atoms with Crippen molar-refractivity contribution < 1.29 is 14.3 Å². The van der Waals surface area contributed by atoms with Crippen molar-refractivity contribution in [2.75, 3.05) is 12.4 Å². The number of fused-ring (bicyclic) bond motifs is 1. The maximum absolute atomic E-state index is 13.3. The first-order valence-electron chi connectivity index (χ1n) is 10.4. The molecule has 4 rings (SSSR count). The third-order valence-corrected chi connectivity index (χ3v) is 6.61. The van der Waals surface area contributed by atoms with Crippen LogP contribution in [0.4, 0.5) is 5.00 Å². The van der Waals surface area contributed by atoms with Gasteiger partial charge in [-0.1, -0.05) is 24.3 Å². The zero-order chi connectivity index (χ0) is 21.6. The number of methoxy groups -OCH3 is 1. The Balaban J connectivity index is 1.57. The Bertz CT molecular complexity index is 1080. The number of hydrogen-bond acceptors (Lipinski definition) is 5. The summed E-state index contributed by atoms with van der Waals surface area (Å²) in [5.74, 6) is -0.417. The molecule has 0 aliphatic heterocycles. The van der Waals surface area contributed by atoms with Crippen LogP contribution in [0, 0.1) is 0 Å². The van der Waals surface area contributed by atoms with Crippen LogP contribution in [-0.2, 0) is 30.7 Å². The second kappa shape index (κ2) is 9.85. The molecule has 160 valence electrons. The molecule has 6 nitrogen and oxygen atoms in total. The third kappa shape index (κ3) is 4.84. The molecule has 2 amide bonds. The lowest BCUT2D eigenvalue weighted by atomic mass is 9.95. The molecule has 2 N–H and O–H groups in total. The quantitative estimate of drug-likeness (QED) is 0.578. The zero-order valence-corrected chi connectivity index (χ0v) is 18.3. The summed E-state index contributed by atoms with van der Waals surface area (Å²) in [5, 5.41) is 6.62. The molecule has 1 aliphatic carbocycles. The minimum absolute atomic E-state index is 0.159. The molecule has 31 heavy (non-hydrogen) atoms. The van der Waals surface area contributed by atoms with E-state index in [1.165, 1.54) is 22.4 Å². The van der Waals surface area contributed by atoms with Gasteiger partial charge < -0.3 is 15.4 Å². The number of ether oxygens (including phenoxy) is 1. The van der Waals surface area contributed by atoms with E-state index < -0.39 is 0 Å². The SMILES string of the molecule is COCc1ccccc1CNC(=O)c1c(NC(=O)c2cccnc2)sc2c1CCCC2. The highest BCUT2D eigenvalue weighted by molar-refractivity contribution is 7.17. The molecule has 0 saturated carbocycles. The maximum Gasteiger partial charge on any atom is 0.257 e. The predicted molar refractivity (Wildman–Crippen MR) is 121 cm³/mol. The van der Waals surface area contributed by atoms with Gasteiger partial charge in [0.05, 0.1) is 17.7 Å². The van der Waals surface area contributed by atoms with E-state index in [0.29, 0.717) is 29.3 Å². The van der Waals surface area contributed by atoms with Gasteiger partial charge in [0.15, 0.2) is 0 Å². The minimum atomic E-state index is -0.258. The third-order valence-electron chi connectivity index (χ3n) is 5.41. The number of nitrogens with zero attached hydrogens (tertiary/aromatic N) is 1. The Morgan fingerprint density at radius 2 is 1.87 bits per heavy atom. The number of anilines is 1. The largest absolute Gasteiger partial charge is 0.380 e. The lowest BCUT2D eigenvalue weighted by Gasteiger charge is -2.14. The lowest BCUT2D eigenvalue weighted by molar-refractivity contribution is 0.0950. The highest BCUT2D eigenvalue weighted by Crippen LogP contribution is 2.38. The van der Waals surface area contributed by atoms with Gasteiger partial charge in [-0.2, -0.15) is 0 Å². The molecule has 0 atom stereocenters. The van der Waals surface area contributed by atoms with Crippen molar-refractivity contribution in [2.24, 2.45) is 0 Å². The summed E-state index contributed by atoms with van der Waals surface area (Å²) in [6.45, 7) is 0.894. The molecule has 0 spiro atoms. The molecule has 0 bridgehead atoms. The van der Waals surface area contributed by atoms with Crippen LogP contribution < -0.4 is 10.6 Å². The first-order valence-corrected chi connectivity index (χ1v) is 11.2. The molecule has 0 unspecified atom stereocenters. The van der Waals surface area contributed by atoms with Crippen LogP contribution >= 0.6 is 11.3 Å². The van der Waals surface area contributed by atoms with Gasteiger partial charge in [0.1, 0.15) is 5.00 Å². The Hall–Kier alpha value is -3.03. The highest BCUT2D eigenvalue weighted by Gasteiger charge is 2.26. The highest BCUT2D eigenvalue weighted by atomic mass is 32.1.